The molecule has 0 aliphatic heterocycles. The van der Waals surface area contributed by atoms with Crippen molar-refractivity contribution in [2.45, 2.75) is 46.6 Å². The molecule has 0 radical (unpaired) electrons. The zero-order chi connectivity index (χ0) is 21.4. The molecule has 0 aromatic carbocycles. The highest BCUT2D eigenvalue weighted by molar-refractivity contribution is 7.82. The molecule has 3 N–H and O–H groups in total. The summed E-state index contributed by atoms with van der Waals surface area (Å²) in [5.74, 6) is 2.08. The molecule has 9 heteroatoms. The molecule has 1 unspecified atom stereocenters. The molecule has 0 fully saturated rings. The van der Waals surface area contributed by atoms with E-state index in [0.717, 1.165) is 46.9 Å². The van der Waals surface area contributed by atoms with Crippen molar-refractivity contribution in [1.82, 2.24) is 19.3 Å². The molecule has 8 nitrogen and oxygen atoms in total. The summed E-state index contributed by atoms with van der Waals surface area (Å²) in [4.78, 5) is 9.23. The molecule has 0 aliphatic carbocycles. The first-order chi connectivity index (χ1) is 13.9. The van der Waals surface area contributed by atoms with E-state index in [1.807, 2.05) is 31.5 Å². The number of rotatable bonds is 11. The van der Waals surface area contributed by atoms with Gasteiger partial charge in [-0.3, -0.25) is 0 Å². The number of anilines is 1. The zero-order valence-corrected chi connectivity index (χ0v) is 18.9. The minimum absolute atomic E-state index is 0.407. The fraction of sp³-hybridized carbons (Fsp3) is 0.600. The summed E-state index contributed by atoms with van der Waals surface area (Å²) in [6.45, 7) is 8.29. The Balaban J connectivity index is 2.45. The minimum atomic E-state index is -0.977. The smallest absolute Gasteiger partial charge is 0.152 e. The van der Waals surface area contributed by atoms with Gasteiger partial charge in [0.1, 0.15) is 23.7 Å². The van der Waals surface area contributed by atoms with E-state index in [2.05, 4.69) is 21.6 Å². The average molecular weight is 424 g/mol. The van der Waals surface area contributed by atoms with Gasteiger partial charge in [-0.25, -0.2) is 18.9 Å². The van der Waals surface area contributed by atoms with Gasteiger partial charge in [-0.1, -0.05) is 13.0 Å². The standard InChI is InChI=1S/C20H33N5O3S/c1-6-14-17(15(7-2)28-12-10-9-11-22-29(5)26)19-18(20(21)23-14)24-16(25(19)4)13-27-8-3/h6,22H,7-13H2,1-5H3,(H2,21,23)/b14-6+,17-15-. The van der Waals surface area contributed by atoms with E-state index < -0.39 is 11.0 Å². The molecule has 0 spiro atoms. The van der Waals surface area contributed by atoms with Crippen molar-refractivity contribution in [3.05, 3.63) is 16.4 Å². The fourth-order valence-electron chi connectivity index (χ4n) is 3.17. The van der Waals surface area contributed by atoms with Gasteiger partial charge >= 0.3 is 0 Å². The molecule has 0 saturated carbocycles. The number of nitrogens with zero attached hydrogens (tertiary/aromatic N) is 3. The van der Waals surface area contributed by atoms with E-state index in [0.29, 0.717) is 37.7 Å². The van der Waals surface area contributed by atoms with Gasteiger partial charge in [0.15, 0.2) is 5.82 Å². The number of aromatic nitrogens is 3. The third-order valence-corrected chi connectivity index (χ3v) is 5.24. The van der Waals surface area contributed by atoms with Crippen molar-refractivity contribution < 1.29 is 13.7 Å². The number of unbranched alkanes of at least 4 members (excludes halogenated alkanes) is 1. The van der Waals surface area contributed by atoms with Crippen LogP contribution in [0.15, 0.2) is 0 Å². The quantitative estimate of drug-likeness (QED) is 0.524. The first-order valence-corrected chi connectivity index (χ1v) is 11.6. The van der Waals surface area contributed by atoms with Crippen LogP contribution in [0.5, 0.6) is 0 Å². The van der Waals surface area contributed by atoms with Crippen LogP contribution in [-0.2, 0) is 34.1 Å². The van der Waals surface area contributed by atoms with Crippen LogP contribution in [0, 0.1) is 0 Å². The summed E-state index contributed by atoms with van der Waals surface area (Å²) in [6, 6.07) is 0. The van der Waals surface area contributed by atoms with Gasteiger partial charge in [0.25, 0.3) is 0 Å². The number of nitrogen functional groups attached to an aromatic ring is 1. The van der Waals surface area contributed by atoms with Crippen molar-refractivity contribution in [2.75, 3.05) is 31.7 Å². The molecule has 0 bridgehead atoms. The molecule has 1 atom stereocenters. The Hall–Kier alpha value is -1.97. The van der Waals surface area contributed by atoms with Crippen LogP contribution >= 0.6 is 0 Å². The Morgan fingerprint density at radius 3 is 2.69 bits per heavy atom. The number of ether oxygens (including phenoxy) is 2. The van der Waals surface area contributed by atoms with Crippen molar-refractivity contribution >= 4 is 39.7 Å². The molecule has 2 aromatic rings. The highest BCUT2D eigenvalue weighted by Crippen LogP contribution is 2.17. The third-order valence-electron chi connectivity index (χ3n) is 4.63. The molecule has 162 valence electrons. The summed E-state index contributed by atoms with van der Waals surface area (Å²) in [5.41, 5.74) is 7.79. The van der Waals surface area contributed by atoms with Crippen LogP contribution in [0.1, 0.15) is 45.9 Å². The predicted octanol–water partition coefficient (Wildman–Crippen LogP) is 1.09. The van der Waals surface area contributed by atoms with Crippen molar-refractivity contribution in [2.24, 2.45) is 7.05 Å². The lowest BCUT2D eigenvalue weighted by Gasteiger charge is -2.11. The van der Waals surface area contributed by atoms with E-state index >= 15 is 0 Å². The van der Waals surface area contributed by atoms with E-state index in [1.165, 1.54) is 0 Å². The second-order valence-corrected chi connectivity index (χ2v) is 7.85. The molecule has 2 aromatic heterocycles. The number of nitrogens with two attached hydrogens (primary N) is 1. The zero-order valence-electron chi connectivity index (χ0n) is 18.1. The fourth-order valence-corrected chi connectivity index (χ4v) is 3.60. The van der Waals surface area contributed by atoms with Crippen LogP contribution in [-0.4, -0.2) is 44.8 Å². The maximum atomic E-state index is 11.1. The number of aryl methyl sites for hydroxylation is 1. The first kappa shape index (κ1) is 23.3. The summed E-state index contributed by atoms with van der Waals surface area (Å²) in [6.07, 6.45) is 6.06. The van der Waals surface area contributed by atoms with Gasteiger partial charge in [-0.2, -0.15) is 0 Å². The largest absolute Gasteiger partial charge is 0.497 e. The number of pyridine rings is 1. The SMILES string of the molecule is C/C=c1/nc(N)c2nc(COCC)n(C)c2/c1=C(/CC)OCCCCNS(C)=O. The van der Waals surface area contributed by atoms with Crippen LogP contribution < -0.4 is 21.0 Å². The van der Waals surface area contributed by atoms with Crippen LogP contribution in [0.4, 0.5) is 5.82 Å². The van der Waals surface area contributed by atoms with Gasteiger partial charge in [0, 0.05) is 32.9 Å². The Kier molecular flexibility index (Phi) is 9.06. The number of fused-ring (bicyclic) bond motifs is 1. The monoisotopic (exact) mass is 423 g/mol. The molecule has 0 saturated heterocycles. The molecule has 2 heterocycles. The van der Waals surface area contributed by atoms with Gasteiger partial charge in [-0.15, -0.1) is 0 Å². The Bertz CT molecular complexity index is 971. The molecular formula is C20H33N5O3S. The first-order valence-electron chi connectivity index (χ1n) is 10.0. The lowest BCUT2D eigenvalue weighted by atomic mass is 10.2. The average Bonchev–Trinajstić information content (AvgIpc) is 3.03. The molecule has 0 aliphatic rings. The second kappa shape index (κ2) is 11.3. The van der Waals surface area contributed by atoms with Crippen LogP contribution in [0.25, 0.3) is 22.9 Å². The normalized spacial score (nSPS) is 14.4. The summed E-state index contributed by atoms with van der Waals surface area (Å²) in [5, 5.41) is 1.73. The van der Waals surface area contributed by atoms with Gasteiger partial charge in [0.2, 0.25) is 0 Å². The Morgan fingerprint density at radius 2 is 2.07 bits per heavy atom. The Labute approximate surface area is 174 Å². The van der Waals surface area contributed by atoms with E-state index in [1.54, 1.807) is 6.26 Å². The predicted molar refractivity (Wildman–Crippen MR) is 119 cm³/mol. The summed E-state index contributed by atoms with van der Waals surface area (Å²) < 4.78 is 27.7. The second-order valence-electron chi connectivity index (χ2n) is 6.65. The number of hydrogen-bond acceptors (Lipinski definition) is 6. The lowest BCUT2D eigenvalue weighted by molar-refractivity contribution is 0.126. The number of imidazole rings is 1. The van der Waals surface area contributed by atoms with Crippen LogP contribution in [0.3, 0.4) is 0 Å². The van der Waals surface area contributed by atoms with Crippen LogP contribution in [0.2, 0.25) is 0 Å². The van der Waals surface area contributed by atoms with E-state index in [-0.39, 0.29) is 0 Å². The Morgan fingerprint density at radius 1 is 1.31 bits per heavy atom. The minimum Gasteiger partial charge on any atom is -0.497 e. The molecule has 0 amide bonds. The van der Waals surface area contributed by atoms with Crippen molar-refractivity contribution in [3.8, 4) is 0 Å². The highest BCUT2D eigenvalue weighted by atomic mass is 32.2. The summed E-state index contributed by atoms with van der Waals surface area (Å²) in [7, 11) is 0.991. The summed E-state index contributed by atoms with van der Waals surface area (Å²) >= 11 is 0. The number of hydrogen-bond donors (Lipinski definition) is 2. The van der Waals surface area contributed by atoms with Crippen molar-refractivity contribution in [1.29, 1.82) is 0 Å². The van der Waals surface area contributed by atoms with Gasteiger partial charge in [0.05, 0.1) is 33.7 Å². The molecule has 29 heavy (non-hydrogen) atoms. The maximum absolute atomic E-state index is 11.1. The topological polar surface area (TPSA) is 104 Å². The molecular weight excluding hydrogens is 390 g/mol. The maximum Gasteiger partial charge on any atom is 0.152 e. The third kappa shape index (κ3) is 5.77. The number of nitrogens with one attached hydrogen (secondary N) is 1. The van der Waals surface area contributed by atoms with E-state index in [9.17, 15) is 4.21 Å². The van der Waals surface area contributed by atoms with Gasteiger partial charge in [-0.05, 0) is 26.7 Å². The lowest BCUT2D eigenvalue weighted by Crippen LogP contribution is -2.34. The highest BCUT2D eigenvalue weighted by Gasteiger charge is 2.16. The van der Waals surface area contributed by atoms with E-state index in [4.69, 9.17) is 15.2 Å². The molecule has 2 rings (SSSR count). The van der Waals surface area contributed by atoms with Gasteiger partial charge < -0.3 is 19.8 Å². The van der Waals surface area contributed by atoms with Crippen molar-refractivity contribution in [3.63, 3.8) is 0 Å².